The van der Waals surface area contributed by atoms with Crippen molar-refractivity contribution in [2.24, 2.45) is 0 Å². The third-order valence-corrected chi connectivity index (χ3v) is 4.82. The van der Waals surface area contributed by atoms with Gasteiger partial charge in [-0.1, -0.05) is 13.8 Å². The molecule has 0 spiro atoms. The van der Waals surface area contributed by atoms with Crippen LogP contribution in [0.1, 0.15) is 47.4 Å². The molecule has 0 aliphatic rings. The van der Waals surface area contributed by atoms with Crippen LogP contribution in [0, 0.1) is 0 Å². The van der Waals surface area contributed by atoms with Crippen molar-refractivity contribution < 1.29 is 22.7 Å². The number of esters is 1. The lowest BCUT2D eigenvalue weighted by molar-refractivity contribution is 0.0600. The van der Waals surface area contributed by atoms with E-state index >= 15 is 0 Å². The number of hydrogen-bond donors (Lipinski definition) is 1. The van der Waals surface area contributed by atoms with Crippen molar-refractivity contribution in [3.05, 3.63) is 29.3 Å². The summed E-state index contributed by atoms with van der Waals surface area (Å²) in [4.78, 5) is 26.0. The van der Waals surface area contributed by atoms with E-state index in [1.807, 2.05) is 13.8 Å². The second kappa shape index (κ2) is 8.79. The normalized spacial score (nSPS) is 11.2. The maximum atomic E-state index is 12.7. The molecule has 0 heterocycles. The summed E-state index contributed by atoms with van der Waals surface area (Å²) in [6.07, 6.45) is 1.56. The number of ether oxygens (including phenoxy) is 1. The summed E-state index contributed by atoms with van der Waals surface area (Å²) in [6.45, 7) is 5.03. The van der Waals surface area contributed by atoms with E-state index in [1.54, 1.807) is 4.90 Å². The van der Waals surface area contributed by atoms with Gasteiger partial charge in [0, 0.05) is 18.7 Å². The van der Waals surface area contributed by atoms with Gasteiger partial charge in [0.1, 0.15) is 0 Å². The molecule has 0 radical (unpaired) electrons. The third kappa shape index (κ3) is 4.78. The quantitative estimate of drug-likeness (QED) is 0.715. The van der Waals surface area contributed by atoms with Crippen molar-refractivity contribution in [2.45, 2.75) is 31.6 Å². The molecule has 1 aromatic carbocycles. The summed E-state index contributed by atoms with van der Waals surface area (Å²) in [6, 6.07) is 3.83. The first-order chi connectivity index (χ1) is 11.3. The Labute approximate surface area is 143 Å². The molecule has 24 heavy (non-hydrogen) atoms. The van der Waals surface area contributed by atoms with Gasteiger partial charge in [0.25, 0.3) is 5.91 Å². The first kappa shape index (κ1) is 20.1. The van der Waals surface area contributed by atoms with Gasteiger partial charge in [-0.05, 0) is 38.1 Å². The Balaban J connectivity index is 3.43. The highest BCUT2D eigenvalue weighted by Crippen LogP contribution is 2.18. The van der Waals surface area contributed by atoms with Crippen molar-refractivity contribution in [3.8, 4) is 0 Å². The number of carbonyl (C=O) groups excluding carboxylic acids is 2. The SMILES string of the molecule is CCCN(CCC)C(=O)c1cc(C(=O)OC)cc(S(=O)(=O)NC)c1. The molecule has 8 heteroatoms. The number of sulfonamides is 1. The van der Waals surface area contributed by atoms with Crippen molar-refractivity contribution in [2.75, 3.05) is 27.2 Å². The average Bonchev–Trinajstić information content (AvgIpc) is 2.59. The van der Waals surface area contributed by atoms with E-state index in [1.165, 1.54) is 32.4 Å². The van der Waals surface area contributed by atoms with Crippen LogP contribution in [0.25, 0.3) is 0 Å². The zero-order valence-corrected chi connectivity index (χ0v) is 15.3. The summed E-state index contributed by atoms with van der Waals surface area (Å²) in [5.74, 6) is -1.01. The second-order valence-electron chi connectivity index (χ2n) is 5.24. The van der Waals surface area contributed by atoms with Gasteiger partial charge in [-0.15, -0.1) is 0 Å². The topological polar surface area (TPSA) is 92.8 Å². The van der Waals surface area contributed by atoms with Crippen LogP contribution < -0.4 is 4.72 Å². The Morgan fingerprint density at radius 2 is 1.62 bits per heavy atom. The summed E-state index contributed by atoms with van der Waals surface area (Å²) < 4.78 is 31.0. The highest BCUT2D eigenvalue weighted by molar-refractivity contribution is 7.89. The van der Waals surface area contributed by atoms with Gasteiger partial charge in [-0.3, -0.25) is 4.79 Å². The fraction of sp³-hybridized carbons (Fsp3) is 0.500. The van der Waals surface area contributed by atoms with Gasteiger partial charge < -0.3 is 9.64 Å². The van der Waals surface area contributed by atoms with Gasteiger partial charge in [-0.2, -0.15) is 0 Å². The molecule has 134 valence electrons. The standard InChI is InChI=1S/C16H24N2O5S/c1-5-7-18(8-6-2)15(19)12-9-13(16(20)23-4)11-14(10-12)24(21,22)17-3/h9-11,17H,5-8H2,1-4H3. The van der Waals surface area contributed by atoms with E-state index in [2.05, 4.69) is 9.46 Å². The number of nitrogens with zero attached hydrogens (tertiary/aromatic N) is 1. The van der Waals surface area contributed by atoms with Crippen LogP contribution in [0.5, 0.6) is 0 Å². The lowest BCUT2D eigenvalue weighted by Gasteiger charge is -2.22. The Kier molecular flexibility index (Phi) is 7.37. The number of benzene rings is 1. The van der Waals surface area contributed by atoms with Crippen LogP contribution in [0.4, 0.5) is 0 Å². The molecule has 0 saturated carbocycles. The molecule has 0 aliphatic heterocycles. The Bertz CT molecular complexity index is 694. The molecule has 0 aromatic heterocycles. The van der Waals surface area contributed by atoms with E-state index in [4.69, 9.17) is 0 Å². The Morgan fingerprint density at radius 3 is 2.08 bits per heavy atom. The van der Waals surface area contributed by atoms with Crippen molar-refractivity contribution in [3.63, 3.8) is 0 Å². The van der Waals surface area contributed by atoms with Gasteiger partial charge in [-0.25, -0.2) is 17.9 Å². The van der Waals surface area contributed by atoms with E-state index in [0.29, 0.717) is 13.1 Å². The second-order valence-corrected chi connectivity index (χ2v) is 7.12. The number of rotatable bonds is 8. The van der Waals surface area contributed by atoms with Gasteiger partial charge in [0.05, 0.1) is 17.6 Å². The number of nitrogens with one attached hydrogen (secondary N) is 1. The number of methoxy groups -OCH3 is 1. The molecule has 0 saturated heterocycles. The maximum Gasteiger partial charge on any atom is 0.337 e. The molecule has 0 unspecified atom stereocenters. The molecule has 0 aliphatic carbocycles. The first-order valence-electron chi connectivity index (χ1n) is 7.76. The van der Waals surface area contributed by atoms with E-state index in [-0.39, 0.29) is 21.9 Å². The molecule has 0 atom stereocenters. The highest BCUT2D eigenvalue weighted by Gasteiger charge is 2.22. The van der Waals surface area contributed by atoms with E-state index in [0.717, 1.165) is 12.8 Å². The lowest BCUT2D eigenvalue weighted by atomic mass is 10.1. The molecule has 0 fully saturated rings. The Hall–Kier alpha value is -1.93. The Morgan fingerprint density at radius 1 is 1.08 bits per heavy atom. The largest absolute Gasteiger partial charge is 0.465 e. The minimum Gasteiger partial charge on any atom is -0.465 e. The molecule has 1 amide bonds. The highest BCUT2D eigenvalue weighted by atomic mass is 32.2. The number of hydrogen-bond acceptors (Lipinski definition) is 5. The summed E-state index contributed by atoms with van der Waals surface area (Å²) in [5.41, 5.74) is 0.166. The molecule has 7 nitrogen and oxygen atoms in total. The van der Waals surface area contributed by atoms with Crippen LogP contribution in [0.3, 0.4) is 0 Å². The monoisotopic (exact) mass is 356 g/mol. The van der Waals surface area contributed by atoms with Crippen LogP contribution in [-0.2, 0) is 14.8 Å². The summed E-state index contributed by atoms with van der Waals surface area (Å²) >= 11 is 0. The van der Waals surface area contributed by atoms with E-state index < -0.39 is 16.0 Å². The molecule has 0 bridgehead atoms. The fourth-order valence-corrected chi connectivity index (χ4v) is 3.07. The minimum atomic E-state index is -3.80. The zero-order valence-electron chi connectivity index (χ0n) is 14.5. The predicted molar refractivity (Wildman–Crippen MR) is 90.5 cm³/mol. The van der Waals surface area contributed by atoms with Crippen LogP contribution in [0.2, 0.25) is 0 Å². The predicted octanol–water partition coefficient (Wildman–Crippen LogP) is 1.64. The number of carbonyl (C=O) groups is 2. The third-order valence-electron chi connectivity index (χ3n) is 3.43. The van der Waals surface area contributed by atoms with Crippen LogP contribution in [-0.4, -0.2) is 52.4 Å². The molecular weight excluding hydrogens is 332 g/mol. The van der Waals surface area contributed by atoms with Crippen molar-refractivity contribution in [1.82, 2.24) is 9.62 Å². The summed E-state index contributed by atoms with van der Waals surface area (Å²) in [7, 11) is -1.33. The first-order valence-corrected chi connectivity index (χ1v) is 9.25. The maximum absolute atomic E-state index is 12.7. The molecule has 1 N–H and O–H groups in total. The molecule has 1 rings (SSSR count). The fourth-order valence-electron chi connectivity index (χ4n) is 2.27. The minimum absolute atomic E-state index is 0.0186. The number of amides is 1. The van der Waals surface area contributed by atoms with Crippen molar-refractivity contribution >= 4 is 21.9 Å². The summed E-state index contributed by atoms with van der Waals surface area (Å²) in [5, 5.41) is 0. The molecular formula is C16H24N2O5S. The van der Waals surface area contributed by atoms with Crippen molar-refractivity contribution in [1.29, 1.82) is 0 Å². The average molecular weight is 356 g/mol. The van der Waals surface area contributed by atoms with Gasteiger partial charge in [0.2, 0.25) is 10.0 Å². The molecule has 1 aromatic rings. The van der Waals surface area contributed by atoms with Crippen LogP contribution in [0.15, 0.2) is 23.1 Å². The van der Waals surface area contributed by atoms with Gasteiger partial charge >= 0.3 is 5.97 Å². The lowest BCUT2D eigenvalue weighted by Crippen LogP contribution is -2.33. The van der Waals surface area contributed by atoms with E-state index in [9.17, 15) is 18.0 Å². The van der Waals surface area contributed by atoms with Crippen LogP contribution >= 0.6 is 0 Å². The zero-order chi connectivity index (χ0) is 18.3. The smallest absolute Gasteiger partial charge is 0.337 e. The van der Waals surface area contributed by atoms with Gasteiger partial charge in [0.15, 0.2) is 0 Å².